The van der Waals surface area contributed by atoms with Gasteiger partial charge in [-0.2, -0.15) is 0 Å². The molecule has 0 aromatic heterocycles. The lowest BCUT2D eigenvalue weighted by Gasteiger charge is -2.29. The third kappa shape index (κ3) is 11.3. The molecule has 4 rings (SSSR count). The number of ether oxygens (including phenoxy) is 3. The maximum absolute atomic E-state index is 13.5. The zero-order chi connectivity index (χ0) is 32.2. The molecule has 0 radical (unpaired) electrons. The third-order valence-corrected chi connectivity index (χ3v) is 9.85. The Labute approximate surface area is 285 Å². The molecule has 2 aromatic rings. The summed E-state index contributed by atoms with van der Waals surface area (Å²) in [6.45, 7) is 1.43. The predicted molar refractivity (Wildman–Crippen MR) is 171 cm³/mol. The maximum atomic E-state index is 13.5. The molecular weight excluding hydrogens is 678 g/mol. The Morgan fingerprint density at radius 2 is 1.52 bits per heavy atom. The summed E-state index contributed by atoms with van der Waals surface area (Å²) in [5.41, 5.74) is 5.64. The molecule has 1 atom stereocenters. The number of methoxy groups -OCH3 is 1. The minimum absolute atomic E-state index is 0. The molecule has 2 aliphatic carbocycles. The van der Waals surface area contributed by atoms with E-state index in [2.05, 4.69) is 32.3 Å². The lowest BCUT2D eigenvalue weighted by atomic mass is 9.81. The molecule has 2 amide bonds. The number of halogens is 2. The van der Waals surface area contributed by atoms with Crippen molar-refractivity contribution in [2.75, 3.05) is 20.2 Å². The van der Waals surface area contributed by atoms with E-state index in [0.29, 0.717) is 18.2 Å². The van der Waals surface area contributed by atoms with Gasteiger partial charge in [0, 0.05) is 34.8 Å². The quantitative estimate of drug-likeness (QED) is 0.221. The Morgan fingerprint density at radius 3 is 2.15 bits per heavy atom. The zero-order valence-corrected chi connectivity index (χ0v) is 28.7. The van der Waals surface area contributed by atoms with Crippen LogP contribution >= 0.6 is 15.9 Å². The minimum Gasteiger partial charge on any atom is -1.00 e. The summed E-state index contributed by atoms with van der Waals surface area (Å²) in [4.78, 5) is 50.8. The fraction of sp³-hybridized carbons (Fsp3) is 0.529. The Kier molecular flexibility index (Phi) is 15.3. The first-order valence-corrected chi connectivity index (χ1v) is 16.7. The number of carbonyl (C=O) groups excluding carboxylic acids is 4. The van der Waals surface area contributed by atoms with Gasteiger partial charge >= 0.3 is 12.1 Å². The van der Waals surface area contributed by atoms with Crippen molar-refractivity contribution in [1.29, 1.82) is 0 Å². The molecule has 5 N–H and O–H groups in total. The number of hydrogen-bond donors (Lipinski definition) is 3. The van der Waals surface area contributed by atoms with E-state index in [4.69, 9.17) is 14.2 Å². The SMILES string of the molecule is COC(=O)C1CCC(CNC(=O)[C@H](Cc2ccc(OC(=O)OCc3ccccc3Br)cc2)NC(=O)C2CCC(C[NH3+])CC2)CC1.[Cl-]. The van der Waals surface area contributed by atoms with E-state index in [1.165, 1.54) is 7.11 Å². The normalized spacial score (nSPS) is 21.5. The second kappa shape index (κ2) is 18.9. The fourth-order valence-electron chi connectivity index (χ4n) is 6.16. The van der Waals surface area contributed by atoms with Gasteiger partial charge in [-0.25, -0.2) is 4.79 Å². The number of benzene rings is 2. The molecule has 2 aliphatic rings. The molecular formula is C34H45BrClN3O7. The molecule has 0 aliphatic heterocycles. The highest BCUT2D eigenvalue weighted by atomic mass is 79.9. The average Bonchev–Trinajstić information content (AvgIpc) is 3.07. The molecule has 2 aromatic carbocycles. The van der Waals surface area contributed by atoms with Crippen LogP contribution in [-0.2, 0) is 36.9 Å². The maximum Gasteiger partial charge on any atom is 0.514 e. The van der Waals surface area contributed by atoms with Crippen LogP contribution in [-0.4, -0.2) is 50.2 Å². The number of hydrogen-bond acceptors (Lipinski definition) is 7. The van der Waals surface area contributed by atoms with Crippen molar-refractivity contribution in [2.45, 2.75) is 70.4 Å². The van der Waals surface area contributed by atoms with Crippen LogP contribution in [0.2, 0.25) is 0 Å². The van der Waals surface area contributed by atoms with Gasteiger partial charge in [-0.3, -0.25) is 14.4 Å². The average molecular weight is 723 g/mol. The molecule has 10 nitrogen and oxygen atoms in total. The van der Waals surface area contributed by atoms with Gasteiger partial charge in [-0.1, -0.05) is 46.3 Å². The van der Waals surface area contributed by atoms with Crippen molar-refractivity contribution in [2.24, 2.45) is 23.7 Å². The molecule has 252 valence electrons. The molecule has 0 heterocycles. The number of esters is 1. The zero-order valence-electron chi connectivity index (χ0n) is 26.3. The van der Waals surface area contributed by atoms with Gasteiger partial charge < -0.3 is 43.0 Å². The Morgan fingerprint density at radius 1 is 0.891 bits per heavy atom. The van der Waals surface area contributed by atoms with E-state index < -0.39 is 12.2 Å². The van der Waals surface area contributed by atoms with Crippen LogP contribution in [0.15, 0.2) is 53.0 Å². The van der Waals surface area contributed by atoms with E-state index in [-0.39, 0.29) is 61.0 Å². The summed E-state index contributed by atoms with van der Waals surface area (Å²) in [6.07, 6.45) is 6.16. The van der Waals surface area contributed by atoms with Gasteiger partial charge in [0.1, 0.15) is 18.4 Å². The summed E-state index contributed by atoms with van der Waals surface area (Å²) in [7, 11) is 1.41. The molecule has 2 fully saturated rings. The molecule has 0 unspecified atom stereocenters. The molecule has 12 heteroatoms. The topological polar surface area (TPSA) is 148 Å². The van der Waals surface area contributed by atoms with Gasteiger partial charge in [0.05, 0.1) is 19.6 Å². The van der Waals surface area contributed by atoms with E-state index >= 15 is 0 Å². The standard InChI is InChI=1S/C34H44BrN3O7.ClH/c1-43-33(41)26-14-8-24(9-15-26)20-37-32(40)30(38-31(39)25-12-6-23(19-36)7-13-25)18-22-10-16-28(17-11-22)45-34(42)44-21-27-4-2-3-5-29(27)35;/h2-5,10-11,16-17,23-26,30H,6-9,12-15,18-21,36H2,1H3,(H,37,40)(H,38,39);1H/t23?,24?,25?,26?,30-;/m0./s1. The van der Waals surface area contributed by atoms with Gasteiger partial charge in [0.15, 0.2) is 0 Å². The van der Waals surface area contributed by atoms with Crippen LogP contribution in [0.4, 0.5) is 4.79 Å². The lowest BCUT2D eigenvalue weighted by Crippen LogP contribution is -3.00. The molecule has 0 saturated heterocycles. The smallest absolute Gasteiger partial charge is 0.514 e. The second-order valence-corrected chi connectivity index (χ2v) is 13.0. The lowest BCUT2D eigenvalue weighted by molar-refractivity contribution is -0.380. The van der Waals surface area contributed by atoms with Gasteiger partial charge in [0.25, 0.3) is 0 Å². The predicted octanol–water partition coefficient (Wildman–Crippen LogP) is 1.34. The summed E-state index contributed by atoms with van der Waals surface area (Å²) >= 11 is 3.43. The highest BCUT2D eigenvalue weighted by Crippen LogP contribution is 2.30. The van der Waals surface area contributed by atoms with Crippen molar-refractivity contribution in [3.8, 4) is 5.75 Å². The number of nitrogens with one attached hydrogen (secondary N) is 2. The van der Waals surface area contributed by atoms with E-state index in [1.54, 1.807) is 24.3 Å². The van der Waals surface area contributed by atoms with Crippen molar-refractivity contribution in [3.63, 3.8) is 0 Å². The molecule has 46 heavy (non-hydrogen) atoms. The van der Waals surface area contributed by atoms with Crippen molar-refractivity contribution in [3.05, 3.63) is 64.1 Å². The monoisotopic (exact) mass is 721 g/mol. The van der Waals surface area contributed by atoms with Crippen LogP contribution < -0.4 is 33.5 Å². The number of rotatable bonds is 12. The van der Waals surface area contributed by atoms with Gasteiger partial charge in [-0.05, 0) is 81.0 Å². The fourth-order valence-corrected chi connectivity index (χ4v) is 6.56. The first-order valence-electron chi connectivity index (χ1n) is 15.9. The van der Waals surface area contributed by atoms with Crippen LogP contribution in [0.1, 0.15) is 62.5 Å². The summed E-state index contributed by atoms with van der Waals surface area (Å²) in [5, 5.41) is 6.09. The largest absolute Gasteiger partial charge is 1.00 e. The van der Waals surface area contributed by atoms with Crippen LogP contribution in [0.3, 0.4) is 0 Å². The van der Waals surface area contributed by atoms with Crippen molar-refractivity contribution < 1.29 is 51.5 Å². The first-order chi connectivity index (χ1) is 21.7. The second-order valence-electron chi connectivity index (χ2n) is 12.1. The van der Waals surface area contributed by atoms with Crippen LogP contribution in [0.5, 0.6) is 5.75 Å². The van der Waals surface area contributed by atoms with E-state index in [9.17, 15) is 19.2 Å². The number of carbonyl (C=O) groups is 4. The van der Waals surface area contributed by atoms with Crippen LogP contribution in [0, 0.1) is 23.7 Å². The molecule has 2 saturated carbocycles. The highest BCUT2D eigenvalue weighted by molar-refractivity contribution is 9.10. The molecule has 0 bridgehead atoms. The third-order valence-electron chi connectivity index (χ3n) is 9.07. The summed E-state index contributed by atoms with van der Waals surface area (Å²) in [5.74, 6) is 0.445. The number of amides is 2. The Balaban J connectivity index is 0.00000576. The Hall–Kier alpha value is -3.15. The van der Waals surface area contributed by atoms with E-state index in [1.807, 2.05) is 24.3 Å². The highest BCUT2D eigenvalue weighted by Gasteiger charge is 2.31. The van der Waals surface area contributed by atoms with Crippen LogP contribution in [0.25, 0.3) is 0 Å². The van der Waals surface area contributed by atoms with Gasteiger partial charge in [-0.15, -0.1) is 0 Å². The number of quaternary nitrogens is 1. The minimum atomic E-state index is -0.822. The summed E-state index contributed by atoms with van der Waals surface area (Å²) in [6, 6.07) is 13.5. The Bertz CT molecular complexity index is 1300. The van der Waals surface area contributed by atoms with Crippen molar-refractivity contribution >= 4 is 39.9 Å². The van der Waals surface area contributed by atoms with Gasteiger partial charge in [0.2, 0.25) is 11.8 Å². The van der Waals surface area contributed by atoms with Crippen molar-refractivity contribution in [1.82, 2.24) is 10.6 Å². The molecule has 0 spiro atoms. The van der Waals surface area contributed by atoms with E-state index in [0.717, 1.165) is 73.5 Å². The first kappa shape index (κ1) is 37.3. The summed E-state index contributed by atoms with van der Waals surface area (Å²) < 4.78 is 16.3.